The Morgan fingerprint density at radius 3 is 2.32 bits per heavy atom. The monoisotopic (exact) mass is 477 g/mol. The molecule has 0 spiro atoms. The molecule has 4 heterocycles. The van der Waals surface area contributed by atoms with Gasteiger partial charge in [0.2, 0.25) is 5.71 Å². The van der Waals surface area contributed by atoms with Crippen LogP contribution in [0.1, 0.15) is 0 Å². The van der Waals surface area contributed by atoms with Crippen molar-refractivity contribution < 1.29 is 8.83 Å². The number of para-hydroxylation sites is 1. The molecule has 0 aliphatic heterocycles. The second-order valence-electron chi connectivity index (χ2n) is 9.08. The number of furan rings is 2. The zero-order valence-corrected chi connectivity index (χ0v) is 19.6. The van der Waals surface area contributed by atoms with Gasteiger partial charge in [0.25, 0.3) is 0 Å². The van der Waals surface area contributed by atoms with Crippen LogP contribution in [0.3, 0.4) is 0 Å². The van der Waals surface area contributed by atoms with Gasteiger partial charge in [0.05, 0.1) is 11.4 Å². The van der Waals surface area contributed by atoms with Crippen LogP contribution < -0.4 is 4.90 Å². The number of pyridine rings is 2. The van der Waals surface area contributed by atoms with Gasteiger partial charge in [0, 0.05) is 39.6 Å². The number of hydrogen-bond donors (Lipinski definition) is 0. The average molecular weight is 478 g/mol. The van der Waals surface area contributed by atoms with Crippen molar-refractivity contribution >= 4 is 72.0 Å². The van der Waals surface area contributed by atoms with Gasteiger partial charge in [-0.2, -0.15) is 0 Å². The van der Waals surface area contributed by atoms with Gasteiger partial charge in [-0.05, 0) is 60.0 Å². The van der Waals surface area contributed by atoms with Crippen LogP contribution in [0, 0.1) is 0 Å². The Morgan fingerprint density at radius 1 is 0.541 bits per heavy atom. The van der Waals surface area contributed by atoms with E-state index in [1.165, 1.54) is 5.39 Å². The van der Waals surface area contributed by atoms with E-state index < -0.39 is 0 Å². The van der Waals surface area contributed by atoms with Crippen molar-refractivity contribution in [3.05, 3.63) is 116 Å². The summed E-state index contributed by atoms with van der Waals surface area (Å²) in [6, 6.07) is 35.1. The Kier molecular flexibility index (Phi) is 4.16. The van der Waals surface area contributed by atoms with Crippen molar-refractivity contribution in [2.75, 3.05) is 4.90 Å². The molecular weight excluding hydrogens is 458 g/mol. The van der Waals surface area contributed by atoms with Crippen LogP contribution in [0.15, 0.2) is 124 Å². The van der Waals surface area contributed by atoms with Gasteiger partial charge in [0.15, 0.2) is 5.58 Å². The molecule has 0 amide bonds. The van der Waals surface area contributed by atoms with E-state index in [0.29, 0.717) is 5.71 Å². The zero-order chi connectivity index (χ0) is 24.3. The molecule has 0 radical (unpaired) electrons. The van der Waals surface area contributed by atoms with Crippen LogP contribution in [0.25, 0.3) is 54.9 Å². The predicted octanol–water partition coefficient (Wildman–Crippen LogP) is 8.90. The van der Waals surface area contributed by atoms with Crippen molar-refractivity contribution in [1.82, 2.24) is 9.97 Å². The molecule has 0 fully saturated rings. The third-order valence-corrected chi connectivity index (χ3v) is 6.98. The highest BCUT2D eigenvalue weighted by molar-refractivity contribution is 6.11. The highest BCUT2D eigenvalue weighted by atomic mass is 16.3. The van der Waals surface area contributed by atoms with E-state index in [4.69, 9.17) is 13.8 Å². The molecule has 8 aromatic rings. The molecule has 0 saturated carbocycles. The lowest BCUT2D eigenvalue weighted by atomic mass is 10.1. The van der Waals surface area contributed by atoms with E-state index in [1.807, 2.05) is 48.7 Å². The summed E-state index contributed by atoms with van der Waals surface area (Å²) in [4.78, 5) is 11.4. The fourth-order valence-corrected chi connectivity index (χ4v) is 5.32. The molecule has 174 valence electrons. The van der Waals surface area contributed by atoms with E-state index >= 15 is 0 Å². The summed E-state index contributed by atoms with van der Waals surface area (Å²) in [5.74, 6) is 0. The Labute approximate surface area is 211 Å². The van der Waals surface area contributed by atoms with Crippen molar-refractivity contribution in [2.24, 2.45) is 0 Å². The van der Waals surface area contributed by atoms with E-state index in [1.54, 1.807) is 6.20 Å². The Balaban J connectivity index is 1.47. The number of aromatic nitrogens is 2. The summed E-state index contributed by atoms with van der Waals surface area (Å²) in [6.07, 6.45) is 3.61. The first kappa shape index (κ1) is 20.1. The maximum Gasteiger partial charge on any atom is 0.227 e. The molecule has 0 aliphatic rings. The Hall–Kier alpha value is -5.16. The fraction of sp³-hybridized carbons (Fsp3) is 0. The molecule has 0 N–H and O–H groups in total. The van der Waals surface area contributed by atoms with Crippen LogP contribution in [-0.4, -0.2) is 9.97 Å². The number of fused-ring (bicyclic) bond motifs is 7. The molecule has 4 aromatic carbocycles. The topological polar surface area (TPSA) is 55.3 Å². The van der Waals surface area contributed by atoms with Crippen molar-refractivity contribution in [1.29, 1.82) is 0 Å². The molecule has 0 unspecified atom stereocenters. The maximum absolute atomic E-state index is 6.43. The predicted molar refractivity (Wildman–Crippen MR) is 149 cm³/mol. The second-order valence-corrected chi connectivity index (χ2v) is 9.08. The molecule has 0 bridgehead atoms. The van der Waals surface area contributed by atoms with Gasteiger partial charge in [-0.3, -0.25) is 4.98 Å². The number of benzene rings is 4. The average Bonchev–Trinajstić information content (AvgIpc) is 3.52. The van der Waals surface area contributed by atoms with Gasteiger partial charge in [0.1, 0.15) is 16.7 Å². The van der Waals surface area contributed by atoms with Crippen LogP contribution in [0.2, 0.25) is 0 Å². The Morgan fingerprint density at radius 2 is 1.35 bits per heavy atom. The molecule has 5 heteroatoms. The van der Waals surface area contributed by atoms with Gasteiger partial charge < -0.3 is 13.7 Å². The van der Waals surface area contributed by atoms with Crippen LogP contribution >= 0.6 is 0 Å². The number of nitrogens with zero attached hydrogens (tertiary/aromatic N) is 3. The first-order valence-electron chi connectivity index (χ1n) is 12.2. The summed E-state index contributed by atoms with van der Waals surface area (Å²) in [7, 11) is 0. The standard InChI is InChI=1S/C32H19N3O2/c1-2-9-22-20(7-1)8-5-12-26(22)35(21-14-15-29-25(19-21)23-11-6-17-34-32(23)37-29)27-16-18-33-30-24-10-3-4-13-28(24)36-31(27)30/h1-19H. The van der Waals surface area contributed by atoms with Crippen molar-refractivity contribution in [3.63, 3.8) is 0 Å². The van der Waals surface area contributed by atoms with E-state index in [-0.39, 0.29) is 0 Å². The molecule has 0 aliphatic carbocycles. The fourth-order valence-electron chi connectivity index (χ4n) is 5.32. The summed E-state index contributed by atoms with van der Waals surface area (Å²) < 4.78 is 12.5. The third-order valence-electron chi connectivity index (χ3n) is 6.98. The lowest BCUT2D eigenvalue weighted by Gasteiger charge is -2.26. The van der Waals surface area contributed by atoms with Gasteiger partial charge >= 0.3 is 0 Å². The molecule has 0 saturated heterocycles. The van der Waals surface area contributed by atoms with Crippen molar-refractivity contribution in [3.8, 4) is 0 Å². The largest absolute Gasteiger partial charge is 0.452 e. The first-order chi connectivity index (χ1) is 18.3. The quantitative estimate of drug-likeness (QED) is 0.254. The van der Waals surface area contributed by atoms with Crippen LogP contribution in [0.5, 0.6) is 0 Å². The first-order valence-corrected chi connectivity index (χ1v) is 12.2. The zero-order valence-electron chi connectivity index (χ0n) is 19.6. The van der Waals surface area contributed by atoms with E-state index in [2.05, 4.69) is 70.5 Å². The molecule has 37 heavy (non-hydrogen) atoms. The highest BCUT2D eigenvalue weighted by Crippen LogP contribution is 2.44. The van der Waals surface area contributed by atoms with Crippen LogP contribution in [-0.2, 0) is 0 Å². The van der Waals surface area contributed by atoms with Gasteiger partial charge in [-0.1, -0.05) is 48.5 Å². The minimum absolute atomic E-state index is 0.634. The lowest BCUT2D eigenvalue weighted by Crippen LogP contribution is -2.11. The molecule has 4 aromatic heterocycles. The third kappa shape index (κ3) is 2.98. The molecule has 0 atom stereocenters. The highest BCUT2D eigenvalue weighted by Gasteiger charge is 2.22. The second kappa shape index (κ2) is 7.67. The SMILES string of the molecule is c1ccc2c(N(c3ccc4oc5ncccc5c4c3)c3ccnc4c3oc3ccccc34)cccc2c1. The number of hydrogen-bond acceptors (Lipinski definition) is 5. The van der Waals surface area contributed by atoms with E-state index in [0.717, 1.165) is 60.9 Å². The van der Waals surface area contributed by atoms with Gasteiger partial charge in [-0.25, -0.2) is 4.98 Å². The van der Waals surface area contributed by atoms with Gasteiger partial charge in [-0.15, -0.1) is 0 Å². The minimum atomic E-state index is 0.634. The summed E-state index contributed by atoms with van der Waals surface area (Å²) in [5.41, 5.74) is 6.81. The number of rotatable bonds is 3. The molecular formula is C32H19N3O2. The maximum atomic E-state index is 6.43. The lowest BCUT2D eigenvalue weighted by molar-refractivity contribution is 0.654. The normalized spacial score (nSPS) is 11.8. The Bertz CT molecular complexity index is 2120. The summed E-state index contributed by atoms with van der Waals surface area (Å²) in [5, 5.41) is 5.31. The van der Waals surface area contributed by atoms with Crippen molar-refractivity contribution in [2.45, 2.75) is 0 Å². The minimum Gasteiger partial charge on any atom is -0.452 e. The van der Waals surface area contributed by atoms with E-state index in [9.17, 15) is 0 Å². The van der Waals surface area contributed by atoms with Crippen LogP contribution in [0.4, 0.5) is 17.1 Å². The summed E-state index contributed by atoms with van der Waals surface area (Å²) >= 11 is 0. The molecule has 5 nitrogen and oxygen atoms in total. The molecule has 8 rings (SSSR count). The summed E-state index contributed by atoms with van der Waals surface area (Å²) in [6.45, 7) is 0. The number of anilines is 3. The smallest absolute Gasteiger partial charge is 0.227 e.